The predicted molar refractivity (Wildman–Crippen MR) is 119 cm³/mol. The molecule has 0 spiro atoms. The van der Waals surface area contributed by atoms with E-state index in [0.717, 1.165) is 10.6 Å². The number of nitrogens with one attached hydrogen (secondary N) is 2. The number of benzene rings is 2. The first-order chi connectivity index (χ1) is 14.7. The summed E-state index contributed by atoms with van der Waals surface area (Å²) in [4.78, 5) is 25.1. The number of nitrogens with zero attached hydrogens (tertiary/aromatic N) is 1. The average molecular weight is 470 g/mol. The number of sulfonamides is 1. The van der Waals surface area contributed by atoms with Gasteiger partial charge in [0.25, 0.3) is 5.91 Å². The molecule has 0 saturated carbocycles. The summed E-state index contributed by atoms with van der Waals surface area (Å²) in [6.07, 6.45) is 0.970. The van der Waals surface area contributed by atoms with Crippen molar-refractivity contribution in [1.29, 1.82) is 0 Å². The monoisotopic (exact) mass is 469 g/mol. The lowest BCUT2D eigenvalue weighted by molar-refractivity contribution is -0.114. The fraction of sp³-hybridized carbons (Fsp3) is 0.300. The Balaban J connectivity index is 2.26. The summed E-state index contributed by atoms with van der Waals surface area (Å²) in [7, 11) is -0.958. The summed E-state index contributed by atoms with van der Waals surface area (Å²) in [6.45, 7) is 0.0915. The summed E-state index contributed by atoms with van der Waals surface area (Å²) >= 11 is 6.01. The summed E-state index contributed by atoms with van der Waals surface area (Å²) in [5.41, 5.74) is 0.602. The zero-order valence-electron chi connectivity index (χ0n) is 17.3. The van der Waals surface area contributed by atoms with Crippen molar-refractivity contribution in [3.63, 3.8) is 0 Å². The Labute approximate surface area is 186 Å². The molecule has 0 heterocycles. The van der Waals surface area contributed by atoms with Gasteiger partial charge >= 0.3 is 0 Å². The Morgan fingerprint density at radius 1 is 1.13 bits per heavy atom. The molecule has 0 aliphatic rings. The van der Waals surface area contributed by atoms with Crippen molar-refractivity contribution in [3.8, 4) is 5.75 Å². The lowest BCUT2D eigenvalue weighted by Gasteiger charge is -2.24. The number of ether oxygens (including phenoxy) is 2. The Morgan fingerprint density at radius 2 is 1.84 bits per heavy atom. The number of carbonyl (C=O) groups excluding carboxylic acids is 2. The lowest BCUT2D eigenvalue weighted by Crippen LogP contribution is -2.38. The van der Waals surface area contributed by atoms with Gasteiger partial charge in [-0.25, -0.2) is 8.42 Å². The maximum absolute atomic E-state index is 12.7. The standard InChI is InChI=1S/C20H24ClN3O6S/c1-29-11-10-22-20(26)15-6-4-5-7-16(15)23-19(25)13-24(31(3,27)28)17-12-14(21)8-9-18(17)30-2/h4-9,12H,10-11,13H2,1-3H3,(H,22,26)(H,23,25). The molecule has 31 heavy (non-hydrogen) atoms. The number of carbonyl (C=O) groups is 2. The SMILES string of the molecule is COCCNC(=O)c1ccccc1NC(=O)CN(c1cc(Cl)ccc1OC)S(C)(=O)=O. The highest BCUT2D eigenvalue weighted by Crippen LogP contribution is 2.32. The number of hydrogen-bond donors (Lipinski definition) is 2. The van der Waals surface area contributed by atoms with Crippen LogP contribution in [-0.2, 0) is 19.6 Å². The molecule has 0 atom stereocenters. The molecule has 2 amide bonds. The van der Waals surface area contributed by atoms with Gasteiger partial charge in [-0.05, 0) is 30.3 Å². The third kappa shape index (κ3) is 6.84. The first kappa shape index (κ1) is 24.4. The number of amides is 2. The van der Waals surface area contributed by atoms with Crippen LogP contribution in [0.2, 0.25) is 5.02 Å². The maximum atomic E-state index is 12.7. The van der Waals surface area contributed by atoms with Crippen LogP contribution in [-0.4, -0.2) is 60.4 Å². The third-order valence-corrected chi connectivity index (χ3v) is 5.50. The highest BCUT2D eigenvalue weighted by Gasteiger charge is 2.25. The van der Waals surface area contributed by atoms with Crippen LogP contribution in [0, 0.1) is 0 Å². The number of para-hydroxylation sites is 1. The van der Waals surface area contributed by atoms with E-state index in [0.29, 0.717) is 13.2 Å². The second-order valence-corrected chi connectivity index (χ2v) is 8.77. The summed E-state index contributed by atoms with van der Waals surface area (Å²) < 4.78 is 35.8. The summed E-state index contributed by atoms with van der Waals surface area (Å²) in [5, 5.41) is 5.55. The Morgan fingerprint density at radius 3 is 2.48 bits per heavy atom. The van der Waals surface area contributed by atoms with Gasteiger partial charge in [0.2, 0.25) is 15.9 Å². The number of anilines is 2. The van der Waals surface area contributed by atoms with E-state index >= 15 is 0 Å². The van der Waals surface area contributed by atoms with E-state index in [-0.39, 0.29) is 27.7 Å². The quantitative estimate of drug-likeness (QED) is 0.515. The second-order valence-electron chi connectivity index (χ2n) is 6.43. The number of rotatable bonds is 10. The van der Waals surface area contributed by atoms with Crippen LogP contribution in [0.4, 0.5) is 11.4 Å². The minimum Gasteiger partial charge on any atom is -0.495 e. The molecule has 0 aliphatic carbocycles. The molecular weight excluding hydrogens is 446 g/mol. The van der Waals surface area contributed by atoms with Gasteiger partial charge in [0, 0.05) is 18.7 Å². The van der Waals surface area contributed by atoms with Crippen molar-refractivity contribution >= 4 is 44.8 Å². The van der Waals surface area contributed by atoms with Gasteiger partial charge in [-0.1, -0.05) is 23.7 Å². The molecule has 0 fully saturated rings. The molecule has 2 aromatic rings. The third-order valence-electron chi connectivity index (χ3n) is 4.13. The largest absolute Gasteiger partial charge is 0.495 e. The molecule has 2 rings (SSSR count). The highest BCUT2D eigenvalue weighted by molar-refractivity contribution is 7.92. The fourth-order valence-electron chi connectivity index (χ4n) is 2.71. The molecule has 11 heteroatoms. The molecule has 0 unspecified atom stereocenters. The summed E-state index contributed by atoms with van der Waals surface area (Å²) in [6, 6.07) is 10.8. The zero-order chi connectivity index (χ0) is 23.0. The van der Waals surface area contributed by atoms with Gasteiger partial charge in [-0.2, -0.15) is 0 Å². The number of halogens is 1. The molecule has 0 aromatic heterocycles. The first-order valence-corrected chi connectivity index (χ1v) is 11.4. The van der Waals surface area contributed by atoms with Crippen LogP contribution in [0.15, 0.2) is 42.5 Å². The zero-order valence-corrected chi connectivity index (χ0v) is 18.9. The first-order valence-electron chi connectivity index (χ1n) is 9.14. The molecule has 0 bridgehead atoms. The van der Waals surface area contributed by atoms with Gasteiger partial charge in [0.05, 0.1) is 36.9 Å². The van der Waals surface area contributed by atoms with Gasteiger partial charge in [-0.15, -0.1) is 0 Å². The smallest absolute Gasteiger partial charge is 0.253 e. The van der Waals surface area contributed by atoms with Crippen LogP contribution in [0.1, 0.15) is 10.4 Å². The van der Waals surface area contributed by atoms with Gasteiger partial charge in [0.15, 0.2) is 0 Å². The van der Waals surface area contributed by atoms with E-state index in [2.05, 4.69) is 10.6 Å². The topological polar surface area (TPSA) is 114 Å². The van der Waals surface area contributed by atoms with Crippen LogP contribution in [0.25, 0.3) is 0 Å². The summed E-state index contributed by atoms with van der Waals surface area (Å²) in [5.74, 6) is -0.811. The fourth-order valence-corrected chi connectivity index (χ4v) is 3.73. The molecule has 2 N–H and O–H groups in total. The van der Waals surface area contributed by atoms with E-state index in [1.807, 2.05) is 0 Å². The van der Waals surface area contributed by atoms with E-state index in [9.17, 15) is 18.0 Å². The van der Waals surface area contributed by atoms with Crippen LogP contribution in [0.5, 0.6) is 5.75 Å². The Bertz CT molecular complexity index is 1040. The molecule has 2 aromatic carbocycles. The van der Waals surface area contributed by atoms with Gasteiger partial charge < -0.3 is 20.1 Å². The van der Waals surface area contributed by atoms with E-state index in [4.69, 9.17) is 21.1 Å². The van der Waals surface area contributed by atoms with Gasteiger partial charge in [0.1, 0.15) is 12.3 Å². The predicted octanol–water partition coefficient (Wildman–Crippen LogP) is 2.13. The molecule has 168 valence electrons. The second kappa shape index (κ2) is 11.0. The van der Waals surface area contributed by atoms with Crippen LogP contribution >= 0.6 is 11.6 Å². The molecule has 0 aliphatic heterocycles. The van der Waals surface area contributed by atoms with E-state index in [1.54, 1.807) is 30.3 Å². The normalized spacial score (nSPS) is 11.0. The van der Waals surface area contributed by atoms with Crippen molar-refractivity contribution in [2.24, 2.45) is 0 Å². The number of methoxy groups -OCH3 is 2. The Kier molecular flexibility index (Phi) is 8.66. The average Bonchev–Trinajstić information content (AvgIpc) is 2.71. The van der Waals surface area contributed by atoms with E-state index < -0.39 is 28.4 Å². The van der Waals surface area contributed by atoms with Crippen molar-refractivity contribution in [2.45, 2.75) is 0 Å². The van der Waals surface area contributed by atoms with Crippen molar-refractivity contribution in [2.75, 3.05) is 49.8 Å². The lowest BCUT2D eigenvalue weighted by atomic mass is 10.1. The van der Waals surface area contributed by atoms with Crippen LogP contribution in [0.3, 0.4) is 0 Å². The van der Waals surface area contributed by atoms with Crippen molar-refractivity contribution in [1.82, 2.24) is 5.32 Å². The molecular formula is C20H24ClN3O6S. The van der Waals surface area contributed by atoms with Crippen LogP contribution < -0.4 is 19.7 Å². The molecule has 0 radical (unpaired) electrons. The minimum absolute atomic E-state index is 0.123. The maximum Gasteiger partial charge on any atom is 0.253 e. The molecule has 0 saturated heterocycles. The number of hydrogen-bond acceptors (Lipinski definition) is 6. The Hall–Kier alpha value is -2.82. The van der Waals surface area contributed by atoms with Crippen molar-refractivity contribution < 1.29 is 27.5 Å². The minimum atomic E-state index is -3.86. The van der Waals surface area contributed by atoms with E-state index in [1.165, 1.54) is 26.4 Å². The van der Waals surface area contributed by atoms with Crippen molar-refractivity contribution in [3.05, 3.63) is 53.1 Å². The van der Waals surface area contributed by atoms with Gasteiger partial charge in [-0.3, -0.25) is 13.9 Å². The molecule has 9 nitrogen and oxygen atoms in total. The highest BCUT2D eigenvalue weighted by atomic mass is 35.5.